The van der Waals surface area contributed by atoms with Gasteiger partial charge in [-0.3, -0.25) is 14.9 Å². The average Bonchev–Trinajstić information content (AvgIpc) is 2.67. The fraction of sp³-hybridized carbons (Fsp3) is 0.105. The Bertz CT molecular complexity index is 1040. The average molecular weight is 377 g/mol. The van der Waals surface area contributed by atoms with Crippen molar-refractivity contribution in [3.05, 3.63) is 81.0 Å². The number of anilines is 1. The van der Waals surface area contributed by atoms with Crippen LogP contribution in [0.5, 0.6) is 0 Å². The number of urea groups is 1. The molecule has 9 nitrogen and oxygen atoms in total. The van der Waals surface area contributed by atoms with Crippen LogP contribution < -0.4 is 16.0 Å². The molecule has 0 bridgehead atoms. The third-order valence-electron chi connectivity index (χ3n) is 4.20. The van der Waals surface area contributed by atoms with Crippen molar-refractivity contribution >= 4 is 23.3 Å². The lowest BCUT2D eigenvalue weighted by atomic mass is 9.94. The predicted octanol–water partition coefficient (Wildman–Crippen LogP) is 2.73. The first-order valence-electron chi connectivity index (χ1n) is 8.23. The van der Waals surface area contributed by atoms with Gasteiger partial charge < -0.3 is 16.0 Å². The molecule has 2 aromatic carbocycles. The van der Waals surface area contributed by atoms with E-state index in [-0.39, 0.29) is 16.9 Å². The van der Waals surface area contributed by atoms with Gasteiger partial charge in [-0.05, 0) is 30.7 Å². The number of nitrogens with one attached hydrogen (secondary N) is 3. The van der Waals surface area contributed by atoms with Crippen LogP contribution in [-0.2, 0) is 4.79 Å². The van der Waals surface area contributed by atoms with Crippen molar-refractivity contribution in [3.63, 3.8) is 0 Å². The summed E-state index contributed by atoms with van der Waals surface area (Å²) in [6.07, 6.45) is 0. The maximum atomic E-state index is 12.9. The molecule has 3 rings (SSSR count). The van der Waals surface area contributed by atoms with Crippen LogP contribution in [0.1, 0.15) is 24.1 Å². The lowest BCUT2D eigenvalue weighted by Gasteiger charge is -2.28. The number of nitrogens with zero attached hydrogens (tertiary/aromatic N) is 2. The molecule has 0 aliphatic carbocycles. The molecule has 0 saturated heterocycles. The van der Waals surface area contributed by atoms with Crippen LogP contribution in [0.25, 0.3) is 0 Å². The van der Waals surface area contributed by atoms with Crippen LogP contribution in [0, 0.1) is 21.4 Å². The zero-order chi connectivity index (χ0) is 20.3. The van der Waals surface area contributed by atoms with Gasteiger partial charge in [0.2, 0.25) is 0 Å². The molecule has 140 valence electrons. The van der Waals surface area contributed by atoms with Gasteiger partial charge in [-0.25, -0.2) is 4.79 Å². The third-order valence-corrected chi connectivity index (χ3v) is 4.20. The summed E-state index contributed by atoms with van der Waals surface area (Å²) in [4.78, 5) is 35.2. The molecule has 28 heavy (non-hydrogen) atoms. The van der Waals surface area contributed by atoms with E-state index >= 15 is 0 Å². The standard InChI is InChI=1S/C19H15N5O4/c1-11-16(18(25)22-14-3-2-4-15(9-14)24(27)28)17(23-19(26)21-11)13-7-5-12(10-20)6-8-13/h2-9,17H,1H3,(H,22,25)(H2,21,23,26). The van der Waals surface area contributed by atoms with Crippen molar-refractivity contribution in [3.8, 4) is 6.07 Å². The summed E-state index contributed by atoms with van der Waals surface area (Å²) in [5.41, 5.74) is 1.80. The van der Waals surface area contributed by atoms with E-state index in [4.69, 9.17) is 5.26 Å². The van der Waals surface area contributed by atoms with E-state index in [9.17, 15) is 19.7 Å². The summed E-state index contributed by atoms with van der Waals surface area (Å²) in [5.74, 6) is -0.514. The highest BCUT2D eigenvalue weighted by Crippen LogP contribution is 2.28. The highest BCUT2D eigenvalue weighted by atomic mass is 16.6. The molecule has 0 saturated carbocycles. The Kier molecular flexibility index (Phi) is 5.04. The molecule has 1 aliphatic heterocycles. The molecule has 3 amide bonds. The fourth-order valence-electron chi connectivity index (χ4n) is 2.89. The second-order valence-corrected chi connectivity index (χ2v) is 6.07. The van der Waals surface area contributed by atoms with Gasteiger partial charge in [-0.15, -0.1) is 0 Å². The van der Waals surface area contributed by atoms with E-state index in [1.807, 2.05) is 6.07 Å². The quantitative estimate of drug-likeness (QED) is 0.556. The summed E-state index contributed by atoms with van der Waals surface area (Å²) < 4.78 is 0. The Balaban J connectivity index is 1.93. The van der Waals surface area contributed by atoms with Crippen molar-refractivity contribution in [2.24, 2.45) is 0 Å². The van der Waals surface area contributed by atoms with Crippen LogP contribution in [0.15, 0.2) is 59.8 Å². The number of carbonyl (C=O) groups is 2. The van der Waals surface area contributed by atoms with E-state index in [1.165, 1.54) is 24.3 Å². The fourth-order valence-corrected chi connectivity index (χ4v) is 2.89. The molecule has 1 aliphatic rings. The van der Waals surface area contributed by atoms with Gasteiger partial charge in [-0.1, -0.05) is 18.2 Å². The van der Waals surface area contributed by atoms with Crippen molar-refractivity contribution < 1.29 is 14.5 Å². The van der Waals surface area contributed by atoms with Gasteiger partial charge >= 0.3 is 6.03 Å². The summed E-state index contributed by atoms with van der Waals surface area (Å²) in [7, 11) is 0. The number of allylic oxidation sites excluding steroid dienone is 1. The molecule has 0 aromatic heterocycles. The zero-order valence-corrected chi connectivity index (χ0v) is 14.7. The Hall–Kier alpha value is -4.19. The molecular weight excluding hydrogens is 362 g/mol. The number of rotatable bonds is 4. The highest BCUT2D eigenvalue weighted by Gasteiger charge is 2.31. The normalized spacial score (nSPS) is 15.9. The summed E-state index contributed by atoms with van der Waals surface area (Å²) in [6, 6.07) is 12.9. The van der Waals surface area contributed by atoms with Crippen LogP contribution in [0.3, 0.4) is 0 Å². The van der Waals surface area contributed by atoms with E-state index in [2.05, 4.69) is 16.0 Å². The molecule has 0 fully saturated rings. The summed E-state index contributed by atoms with van der Waals surface area (Å²) in [5, 5.41) is 27.7. The number of nitriles is 1. The molecule has 0 radical (unpaired) electrons. The number of hydrogen-bond acceptors (Lipinski definition) is 5. The Morgan fingerprint density at radius 2 is 1.96 bits per heavy atom. The summed E-state index contributed by atoms with van der Waals surface area (Å²) in [6.45, 7) is 1.59. The second-order valence-electron chi connectivity index (χ2n) is 6.07. The number of hydrogen-bond donors (Lipinski definition) is 3. The Morgan fingerprint density at radius 1 is 1.25 bits per heavy atom. The van der Waals surface area contributed by atoms with Gasteiger partial charge in [0.05, 0.1) is 28.2 Å². The summed E-state index contributed by atoms with van der Waals surface area (Å²) >= 11 is 0. The first-order valence-corrected chi connectivity index (χ1v) is 8.23. The van der Waals surface area contributed by atoms with Crippen molar-refractivity contribution in [1.29, 1.82) is 5.26 Å². The zero-order valence-electron chi connectivity index (χ0n) is 14.7. The minimum Gasteiger partial charge on any atom is -0.327 e. The van der Waals surface area contributed by atoms with Gasteiger partial charge in [0.15, 0.2) is 0 Å². The number of non-ortho nitro benzene ring substituents is 1. The monoisotopic (exact) mass is 377 g/mol. The van der Waals surface area contributed by atoms with E-state index in [0.29, 0.717) is 16.8 Å². The van der Waals surface area contributed by atoms with Gasteiger partial charge in [0, 0.05) is 23.5 Å². The highest BCUT2D eigenvalue weighted by molar-refractivity contribution is 6.06. The van der Waals surface area contributed by atoms with E-state index in [0.717, 1.165) is 0 Å². The molecule has 9 heteroatoms. The first kappa shape index (κ1) is 18.6. The minimum absolute atomic E-state index is 0.151. The Morgan fingerprint density at radius 3 is 2.61 bits per heavy atom. The molecule has 1 atom stereocenters. The van der Waals surface area contributed by atoms with E-state index in [1.54, 1.807) is 31.2 Å². The molecule has 2 aromatic rings. The molecule has 3 N–H and O–H groups in total. The van der Waals surface area contributed by atoms with Gasteiger partial charge in [0.25, 0.3) is 11.6 Å². The number of nitro benzene ring substituents is 1. The van der Waals surface area contributed by atoms with E-state index < -0.39 is 22.9 Å². The second kappa shape index (κ2) is 7.59. The van der Waals surface area contributed by atoms with Crippen LogP contribution in [0.2, 0.25) is 0 Å². The maximum Gasteiger partial charge on any atom is 0.319 e. The smallest absolute Gasteiger partial charge is 0.319 e. The molecule has 0 spiro atoms. The largest absolute Gasteiger partial charge is 0.327 e. The van der Waals surface area contributed by atoms with Crippen LogP contribution in [-0.4, -0.2) is 16.9 Å². The number of amides is 3. The topological polar surface area (TPSA) is 137 Å². The number of carbonyl (C=O) groups excluding carboxylic acids is 2. The molecular formula is C19H15N5O4. The van der Waals surface area contributed by atoms with Crippen LogP contribution >= 0.6 is 0 Å². The van der Waals surface area contributed by atoms with Gasteiger partial charge in [0.1, 0.15) is 0 Å². The predicted molar refractivity (Wildman–Crippen MR) is 100.0 cm³/mol. The lowest BCUT2D eigenvalue weighted by Crippen LogP contribution is -2.45. The Labute approximate surface area is 159 Å². The van der Waals surface area contributed by atoms with Crippen molar-refractivity contribution in [2.45, 2.75) is 13.0 Å². The SMILES string of the molecule is CC1=C(C(=O)Nc2cccc([N+](=O)[O-])c2)C(c2ccc(C#N)cc2)NC(=O)N1. The minimum atomic E-state index is -0.736. The molecule has 1 unspecified atom stereocenters. The molecule has 1 heterocycles. The van der Waals surface area contributed by atoms with Crippen molar-refractivity contribution in [1.82, 2.24) is 10.6 Å². The number of benzene rings is 2. The van der Waals surface area contributed by atoms with Crippen molar-refractivity contribution in [2.75, 3.05) is 5.32 Å². The van der Waals surface area contributed by atoms with Gasteiger partial charge in [-0.2, -0.15) is 5.26 Å². The lowest BCUT2D eigenvalue weighted by molar-refractivity contribution is -0.384. The first-order chi connectivity index (χ1) is 13.4. The van der Waals surface area contributed by atoms with Crippen LogP contribution in [0.4, 0.5) is 16.2 Å². The maximum absolute atomic E-state index is 12.9. The third kappa shape index (κ3) is 3.81. The number of nitro groups is 1.